The summed E-state index contributed by atoms with van der Waals surface area (Å²) in [4.78, 5) is 12.3. The van der Waals surface area contributed by atoms with Gasteiger partial charge in [0.15, 0.2) is 6.10 Å². The Kier molecular flexibility index (Phi) is 6.09. The van der Waals surface area contributed by atoms with E-state index in [1.165, 1.54) is 24.8 Å². The van der Waals surface area contributed by atoms with E-state index in [1.54, 1.807) is 0 Å². The van der Waals surface area contributed by atoms with Crippen LogP contribution in [0, 0.1) is 0 Å². The summed E-state index contributed by atoms with van der Waals surface area (Å²) in [7, 11) is 0. The second kappa shape index (κ2) is 8.06. The number of hydrogen-bond donors (Lipinski definition) is 1. The molecule has 0 saturated heterocycles. The van der Waals surface area contributed by atoms with E-state index < -0.39 is 0 Å². The van der Waals surface area contributed by atoms with E-state index in [1.807, 2.05) is 19.1 Å². The summed E-state index contributed by atoms with van der Waals surface area (Å²) in [6, 6.07) is 8.36. The van der Waals surface area contributed by atoms with Crippen LogP contribution in [-0.4, -0.2) is 18.1 Å². The van der Waals surface area contributed by atoms with Crippen molar-refractivity contribution in [2.45, 2.75) is 70.9 Å². The number of amides is 1. The highest BCUT2D eigenvalue weighted by molar-refractivity contribution is 5.81. The fraction of sp³-hybridized carbons (Fsp3) is 0.611. The third kappa shape index (κ3) is 4.76. The average Bonchev–Trinajstić information content (AvgIpc) is 2.54. The molecule has 0 aromatic heterocycles. The Bertz CT molecular complexity index is 435. The number of carbonyl (C=O) groups excluding carboxylic acids is 1. The maximum Gasteiger partial charge on any atom is 0.261 e. The minimum absolute atomic E-state index is 0.0315. The first kappa shape index (κ1) is 15.9. The Hall–Kier alpha value is -1.51. The third-order valence-corrected chi connectivity index (χ3v) is 4.22. The summed E-state index contributed by atoms with van der Waals surface area (Å²) >= 11 is 0. The lowest BCUT2D eigenvalue weighted by molar-refractivity contribution is -0.129. The van der Waals surface area contributed by atoms with Crippen molar-refractivity contribution in [3.63, 3.8) is 0 Å². The number of hydrogen-bond acceptors (Lipinski definition) is 2. The molecule has 3 heteroatoms. The molecule has 0 radical (unpaired) electrons. The van der Waals surface area contributed by atoms with Gasteiger partial charge in [-0.25, -0.2) is 0 Å². The zero-order valence-electron chi connectivity index (χ0n) is 13.2. The largest absolute Gasteiger partial charge is 0.481 e. The number of aryl methyl sites for hydroxylation is 1. The molecule has 1 saturated carbocycles. The molecule has 1 atom stereocenters. The van der Waals surface area contributed by atoms with E-state index in [9.17, 15) is 4.79 Å². The van der Waals surface area contributed by atoms with Gasteiger partial charge in [-0.3, -0.25) is 4.79 Å². The lowest BCUT2D eigenvalue weighted by atomic mass is 9.95. The Labute approximate surface area is 128 Å². The lowest BCUT2D eigenvalue weighted by Gasteiger charge is -2.25. The second-order valence-electron chi connectivity index (χ2n) is 5.86. The van der Waals surface area contributed by atoms with E-state index in [0.717, 1.165) is 25.0 Å². The van der Waals surface area contributed by atoms with Crippen LogP contribution >= 0.6 is 0 Å². The van der Waals surface area contributed by atoms with Crippen molar-refractivity contribution in [3.05, 3.63) is 29.8 Å². The molecule has 0 spiro atoms. The van der Waals surface area contributed by atoms with Crippen LogP contribution < -0.4 is 10.1 Å². The predicted octanol–water partition coefficient (Wildman–Crippen LogP) is 3.86. The molecule has 1 aliphatic carbocycles. The maximum absolute atomic E-state index is 12.3. The predicted molar refractivity (Wildman–Crippen MR) is 85.5 cm³/mol. The lowest BCUT2D eigenvalue weighted by Crippen LogP contribution is -2.44. The Balaban J connectivity index is 1.89. The molecule has 2 rings (SSSR count). The smallest absolute Gasteiger partial charge is 0.261 e. The molecule has 0 heterocycles. The van der Waals surface area contributed by atoms with Gasteiger partial charge in [0.1, 0.15) is 5.75 Å². The highest BCUT2D eigenvalue weighted by Gasteiger charge is 2.22. The molecular weight excluding hydrogens is 262 g/mol. The van der Waals surface area contributed by atoms with Crippen LogP contribution in [0.1, 0.15) is 57.9 Å². The molecule has 1 aromatic carbocycles. The molecule has 1 amide bonds. The fourth-order valence-electron chi connectivity index (χ4n) is 2.83. The van der Waals surface area contributed by atoms with Crippen LogP contribution in [0.2, 0.25) is 0 Å². The van der Waals surface area contributed by atoms with Crippen molar-refractivity contribution >= 4 is 5.91 Å². The molecule has 21 heavy (non-hydrogen) atoms. The van der Waals surface area contributed by atoms with Crippen LogP contribution in [0.15, 0.2) is 24.3 Å². The first-order valence-corrected chi connectivity index (χ1v) is 8.29. The summed E-state index contributed by atoms with van der Waals surface area (Å²) in [6.07, 6.45) is 7.26. The SMILES string of the molecule is CCc1ccc(OC(CC)C(=O)NC2CCCCC2)cc1. The van der Waals surface area contributed by atoms with Crippen molar-refractivity contribution < 1.29 is 9.53 Å². The monoisotopic (exact) mass is 289 g/mol. The van der Waals surface area contributed by atoms with Crippen LogP contribution in [0.4, 0.5) is 0 Å². The Morgan fingerprint density at radius 1 is 1.19 bits per heavy atom. The molecule has 3 nitrogen and oxygen atoms in total. The van der Waals surface area contributed by atoms with Gasteiger partial charge >= 0.3 is 0 Å². The van der Waals surface area contributed by atoms with Crippen LogP contribution in [-0.2, 0) is 11.2 Å². The topological polar surface area (TPSA) is 38.3 Å². The van der Waals surface area contributed by atoms with Gasteiger partial charge < -0.3 is 10.1 Å². The van der Waals surface area contributed by atoms with Gasteiger partial charge in [-0.2, -0.15) is 0 Å². The zero-order valence-corrected chi connectivity index (χ0v) is 13.2. The maximum atomic E-state index is 12.3. The number of rotatable bonds is 6. The first-order valence-electron chi connectivity index (χ1n) is 8.29. The van der Waals surface area contributed by atoms with Gasteiger partial charge in [0, 0.05) is 6.04 Å². The molecule has 1 unspecified atom stereocenters. The Morgan fingerprint density at radius 3 is 2.43 bits per heavy atom. The van der Waals surface area contributed by atoms with E-state index in [2.05, 4.69) is 24.4 Å². The minimum atomic E-state index is -0.389. The van der Waals surface area contributed by atoms with Crippen LogP contribution in [0.3, 0.4) is 0 Å². The zero-order chi connectivity index (χ0) is 15.1. The summed E-state index contributed by atoms with van der Waals surface area (Å²) in [5.74, 6) is 0.807. The quantitative estimate of drug-likeness (QED) is 0.863. The standard InChI is InChI=1S/C18H27NO2/c1-3-14-10-12-16(13-11-14)21-17(4-2)18(20)19-15-8-6-5-7-9-15/h10-13,15,17H,3-9H2,1-2H3,(H,19,20). The van der Waals surface area contributed by atoms with Gasteiger partial charge in [-0.1, -0.05) is 45.2 Å². The summed E-state index contributed by atoms with van der Waals surface area (Å²) < 4.78 is 5.85. The van der Waals surface area contributed by atoms with Crippen molar-refractivity contribution in [3.8, 4) is 5.75 Å². The second-order valence-corrected chi connectivity index (χ2v) is 5.86. The Morgan fingerprint density at radius 2 is 1.86 bits per heavy atom. The van der Waals surface area contributed by atoms with Crippen molar-refractivity contribution in [1.29, 1.82) is 0 Å². The first-order chi connectivity index (χ1) is 10.2. The van der Waals surface area contributed by atoms with E-state index >= 15 is 0 Å². The molecule has 1 fully saturated rings. The highest BCUT2D eigenvalue weighted by atomic mass is 16.5. The fourth-order valence-corrected chi connectivity index (χ4v) is 2.83. The normalized spacial score (nSPS) is 17.2. The number of carbonyl (C=O) groups is 1. The molecule has 0 aliphatic heterocycles. The summed E-state index contributed by atoms with van der Waals surface area (Å²) in [6.45, 7) is 4.12. The van der Waals surface area contributed by atoms with Crippen LogP contribution in [0.25, 0.3) is 0 Å². The van der Waals surface area contributed by atoms with Crippen molar-refractivity contribution in [2.24, 2.45) is 0 Å². The van der Waals surface area contributed by atoms with Gasteiger partial charge in [-0.15, -0.1) is 0 Å². The van der Waals surface area contributed by atoms with Gasteiger partial charge in [0.2, 0.25) is 0 Å². The molecular formula is C18H27NO2. The van der Waals surface area contributed by atoms with Crippen LogP contribution in [0.5, 0.6) is 5.75 Å². The molecule has 0 bridgehead atoms. The van der Waals surface area contributed by atoms with E-state index in [4.69, 9.17) is 4.74 Å². The van der Waals surface area contributed by atoms with E-state index in [0.29, 0.717) is 12.5 Å². The van der Waals surface area contributed by atoms with Gasteiger partial charge in [0.25, 0.3) is 5.91 Å². The summed E-state index contributed by atoms with van der Waals surface area (Å²) in [5, 5.41) is 3.15. The average molecular weight is 289 g/mol. The number of benzene rings is 1. The van der Waals surface area contributed by atoms with Gasteiger partial charge in [-0.05, 0) is 43.4 Å². The molecule has 116 valence electrons. The minimum Gasteiger partial charge on any atom is -0.481 e. The highest BCUT2D eigenvalue weighted by Crippen LogP contribution is 2.19. The number of nitrogens with one attached hydrogen (secondary N) is 1. The van der Waals surface area contributed by atoms with Gasteiger partial charge in [0.05, 0.1) is 0 Å². The molecule has 1 aliphatic rings. The molecule has 1 N–H and O–H groups in total. The van der Waals surface area contributed by atoms with E-state index in [-0.39, 0.29) is 12.0 Å². The molecule has 1 aromatic rings. The van der Waals surface area contributed by atoms with Crippen molar-refractivity contribution in [2.75, 3.05) is 0 Å². The van der Waals surface area contributed by atoms with Crippen molar-refractivity contribution in [1.82, 2.24) is 5.32 Å². The third-order valence-electron chi connectivity index (χ3n) is 4.22. The number of ether oxygens (including phenoxy) is 1. The summed E-state index contributed by atoms with van der Waals surface area (Å²) in [5.41, 5.74) is 1.28.